The van der Waals surface area contributed by atoms with Crippen molar-refractivity contribution in [1.82, 2.24) is 14.1 Å². The minimum Gasteiger partial charge on any atom is -0.310 e. The highest BCUT2D eigenvalue weighted by atomic mass is 15.0. The van der Waals surface area contributed by atoms with Gasteiger partial charge in [0, 0.05) is 55.1 Å². The lowest BCUT2D eigenvalue weighted by Gasteiger charge is -2.34. The molecule has 3 aromatic heterocycles. The Balaban J connectivity index is 1.22. The van der Waals surface area contributed by atoms with Crippen molar-refractivity contribution in [3.8, 4) is 56.1 Å². The van der Waals surface area contributed by atoms with Crippen LogP contribution >= 0.6 is 0 Å². The first-order valence-corrected chi connectivity index (χ1v) is 23.1. The van der Waals surface area contributed by atoms with E-state index in [1.807, 2.05) is 0 Å². The predicted octanol–water partition coefficient (Wildman–Crippen LogP) is 13.7. The van der Waals surface area contributed by atoms with Gasteiger partial charge in [-0.25, -0.2) is 4.98 Å². The van der Waals surface area contributed by atoms with Crippen LogP contribution < -0.4 is 16.4 Å². The van der Waals surface area contributed by atoms with Gasteiger partial charge in [-0.1, -0.05) is 175 Å². The first-order chi connectivity index (χ1) is 31.5. The quantitative estimate of drug-likeness (QED) is 0.162. The van der Waals surface area contributed by atoms with Crippen molar-refractivity contribution in [2.24, 2.45) is 0 Å². The van der Waals surface area contributed by atoms with Crippen molar-refractivity contribution >= 4 is 66.7 Å². The minimum atomic E-state index is -0.0179. The summed E-state index contributed by atoms with van der Waals surface area (Å²) in [6.45, 7) is 13.9. The number of fused-ring (bicyclic) bond motifs is 10. The Morgan fingerprint density at radius 3 is 1.28 bits per heavy atom. The molecule has 0 unspecified atom stereocenters. The molecule has 0 saturated heterocycles. The zero-order valence-electron chi connectivity index (χ0n) is 37.7. The van der Waals surface area contributed by atoms with E-state index >= 15 is 0 Å². The van der Waals surface area contributed by atoms with E-state index in [1.54, 1.807) is 0 Å². The Labute approximate surface area is 380 Å². The van der Waals surface area contributed by atoms with Crippen molar-refractivity contribution in [1.29, 1.82) is 0 Å². The van der Waals surface area contributed by atoms with Gasteiger partial charge in [0.05, 0.1) is 22.4 Å². The molecule has 310 valence electrons. The third-order valence-electron chi connectivity index (χ3n) is 14.4. The number of benzene rings is 8. The number of rotatable bonds is 4. The molecule has 2 aliphatic rings. The topological polar surface area (TPSA) is 22.8 Å². The fraction of sp³-hybridized carbons (Fsp3) is 0.131. The van der Waals surface area contributed by atoms with Crippen LogP contribution in [0.2, 0.25) is 0 Å². The molecule has 0 aliphatic carbocycles. The van der Waals surface area contributed by atoms with Gasteiger partial charge in [-0.05, 0) is 109 Å². The molecule has 11 aromatic rings. The Hall–Kier alpha value is -7.43. The standard InChI is InChI=1S/C61H48BN3/c1-60(2,3)41-25-31-51-45(35-41)55-43(37-17-10-7-11-18-37)27-29-47-58(55)64(51)53-33-40(50-24-16-23-49(63-50)39-21-14-9-15-22-39)34-54-57(53)62(47)48-30-28-44(38-19-12-8-13-20-38)56-46-36-42(61(4,5)6)26-32-52(46)65(54)59(48)56/h7-36H,1-6H3. The lowest BCUT2D eigenvalue weighted by Crippen LogP contribution is -2.59. The SMILES string of the molecule is CC(C)(C)c1ccc2c(c1)c1c(-c3ccccc3)ccc3c1n2-c1cc(-c2cccc(-c4ccccc4)n2)cc2c1B3c1ccc(-c3ccccc3)c3c4cc(C(C)(C)C)ccc4n-2c13. The molecule has 13 rings (SSSR count). The molecular weight excluding hydrogens is 786 g/mol. The summed E-state index contributed by atoms with van der Waals surface area (Å²) in [5.41, 5.74) is 23.3. The van der Waals surface area contributed by atoms with Crippen molar-refractivity contribution in [2.45, 2.75) is 52.4 Å². The molecule has 8 aromatic carbocycles. The van der Waals surface area contributed by atoms with Gasteiger partial charge in [0.15, 0.2) is 0 Å². The molecule has 5 heterocycles. The second-order valence-corrected chi connectivity index (χ2v) is 20.4. The van der Waals surface area contributed by atoms with Crippen molar-refractivity contribution < 1.29 is 0 Å². The van der Waals surface area contributed by atoms with Crippen LogP contribution in [0.4, 0.5) is 0 Å². The highest BCUT2D eigenvalue weighted by Crippen LogP contribution is 2.46. The van der Waals surface area contributed by atoms with Gasteiger partial charge >= 0.3 is 0 Å². The molecule has 3 nitrogen and oxygen atoms in total. The molecule has 0 N–H and O–H groups in total. The average Bonchev–Trinajstić information content (AvgIpc) is 3.86. The first-order valence-electron chi connectivity index (χ1n) is 23.1. The van der Waals surface area contributed by atoms with Gasteiger partial charge in [-0.15, -0.1) is 0 Å². The maximum Gasteiger partial charge on any atom is 0.252 e. The van der Waals surface area contributed by atoms with Crippen LogP contribution in [0.5, 0.6) is 0 Å². The second-order valence-electron chi connectivity index (χ2n) is 20.4. The van der Waals surface area contributed by atoms with E-state index in [1.165, 1.54) is 105 Å². The minimum absolute atomic E-state index is 0.00453. The third-order valence-corrected chi connectivity index (χ3v) is 14.4. The molecule has 0 bridgehead atoms. The maximum atomic E-state index is 5.43. The van der Waals surface area contributed by atoms with E-state index in [4.69, 9.17) is 4.98 Å². The molecule has 65 heavy (non-hydrogen) atoms. The lowest BCUT2D eigenvalue weighted by atomic mass is 9.34. The van der Waals surface area contributed by atoms with Crippen LogP contribution in [0.25, 0.3) is 99.8 Å². The summed E-state index contributed by atoms with van der Waals surface area (Å²) in [6, 6.07) is 68.1. The Bertz CT molecular complexity index is 3560. The number of aromatic nitrogens is 3. The monoisotopic (exact) mass is 833 g/mol. The van der Waals surface area contributed by atoms with Gasteiger partial charge in [0.25, 0.3) is 6.71 Å². The molecule has 0 atom stereocenters. The fourth-order valence-corrected chi connectivity index (χ4v) is 11.2. The number of hydrogen-bond acceptors (Lipinski definition) is 1. The molecular formula is C61H48BN3. The lowest BCUT2D eigenvalue weighted by molar-refractivity contribution is 0.591. The summed E-state index contributed by atoms with van der Waals surface area (Å²) in [5.74, 6) is 0. The molecule has 0 radical (unpaired) electrons. The van der Waals surface area contributed by atoms with Gasteiger partial charge in [-0.2, -0.15) is 0 Å². The summed E-state index contributed by atoms with van der Waals surface area (Å²) in [7, 11) is 0. The van der Waals surface area contributed by atoms with E-state index < -0.39 is 0 Å². The smallest absolute Gasteiger partial charge is 0.252 e. The van der Waals surface area contributed by atoms with Gasteiger partial charge < -0.3 is 9.13 Å². The van der Waals surface area contributed by atoms with Crippen molar-refractivity contribution in [3.63, 3.8) is 0 Å². The Morgan fingerprint density at radius 2 is 0.831 bits per heavy atom. The van der Waals surface area contributed by atoms with E-state index in [2.05, 4.69) is 233 Å². The zero-order chi connectivity index (χ0) is 43.9. The summed E-state index contributed by atoms with van der Waals surface area (Å²) >= 11 is 0. The van der Waals surface area contributed by atoms with Crippen LogP contribution in [0.3, 0.4) is 0 Å². The van der Waals surface area contributed by atoms with E-state index in [-0.39, 0.29) is 17.5 Å². The van der Waals surface area contributed by atoms with Crippen LogP contribution in [-0.2, 0) is 10.8 Å². The maximum absolute atomic E-state index is 5.43. The average molecular weight is 834 g/mol. The molecule has 0 saturated carbocycles. The van der Waals surface area contributed by atoms with E-state index in [0.29, 0.717) is 0 Å². The highest BCUT2D eigenvalue weighted by Gasteiger charge is 2.42. The molecule has 0 amide bonds. The van der Waals surface area contributed by atoms with Crippen molar-refractivity contribution in [2.75, 3.05) is 0 Å². The normalized spacial score (nSPS) is 13.0. The van der Waals surface area contributed by atoms with Crippen LogP contribution in [0.15, 0.2) is 182 Å². The largest absolute Gasteiger partial charge is 0.310 e. The van der Waals surface area contributed by atoms with E-state index in [9.17, 15) is 0 Å². The van der Waals surface area contributed by atoms with Gasteiger partial charge in [-0.3, -0.25) is 0 Å². The third kappa shape index (κ3) is 5.53. The fourth-order valence-electron chi connectivity index (χ4n) is 11.2. The summed E-state index contributed by atoms with van der Waals surface area (Å²) < 4.78 is 5.23. The predicted molar refractivity (Wildman–Crippen MR) is 277 cm³/mol. The zero-order valence-corrected chi connectivity index (χ0v) is 37.7. The molecule has 2 aliphatic heterocycles. The van der Waals surface area contributed by atoms with Crippen LogP contribution in [0, 0.1) is 0 Å². The highest BCUT2D eigenvalue weighted by molar-refractivity contribution is 7.00. The van der Waals surface area contributed by atoms with Crippen molar-refractivity contribution in [3.05, 3.63) is 193 Å². The molecule has 4 heteroatoms. The Morgan fingerprint density at radius 1 is 0.400 bits per heavy atom. The summed E-state index contributed by atoms with van der Waals surface area (Å²) in [5, 5.41) is 5.21. The summed E-state index contributed by atoms with van der Waals surface area (Å²) in [4.78, 5) is 5.43. The van der Waals surface area contributed by atoms with Crippen LogP contribution in [-0.4, -0.2) is 20.8 Å². The van der Waals surface area contributed by atoms with Gasteiger partial charge in [0.2, 0.25) is 0 Å². The second kappa shape index (κ2) is 13.5. The number of hydrogen-bond donors (Lipinski definition) is 0. The first kappa shape index (κ1) is 38.1. The number of pyridine rings is 1. The van der Waals surface area contributed by atoms with E-state index in [0.717, 1.165) is 22.5 Å². The summed E-state index contributed by atoms with van der Waals surface area (Å²) in [6.07, 6.45) is 0. The Kier molecular flexibility index (Phi) is 7.93. The van der Waals surface area contributed by atoms with Crippen LogP contribution in [0.1, 0.15) is 52.7 Å². The number of nitrogens with zero attached hydrogens (tertiary/aromatic N) is 3. The van der Waals surface area contributed by atoms with Gasteiger partial charge in [0.1, 0.15) is 0 Å². The molecule has 0 fully saturated rings. The molecule has 0 spiro atoms.